The fraction of sp³-hybridized carbons (Fsp3) is 0.447. The summed E-state index contributed by atoms with van der Waals surface area (Å²) >= 11 is 0. The van der Waals surface area contributed by atoms with Crippen LogP contribution in [-0.2, 0) is 20.8 Å². The minimum absolute atomic E-state index is 0.00149. The first-order valence-corrected chi connectivity index (χ1v) is 21.6. The van der Waals surface area contributed by atoms with Crippen LogP contribution in [0.4, 0.5) is 11.4 Å². The number of phenols is 1. The molecule has 3 aromatic carbocycles. The molecule has 3 aromatic rings. The summed E-state index contributed by atoms with van der Waals surface area (Å²) in [5, 5.41) is 18.6. The van der Waals surface area contributed by atoms with Crippen molar-refractivity contribution in [2.24, 2.45) is 0 Å². The highest BCUT2D eigenvalue weighted by molar-refractivity contribution is 6.23. The zero-order valence-corrected chi connectivity index (χ0v) is 34.2. The lowest BCUT2D eigenvalue weighted by Crippen LogP contribution is -2.54. The highest BCUT2D eigenvalue weighted by Crippen LogP contribution is 2.35. The standard InChI is InChI=1S/C47H56N6O7/c54-41-13-10-9-12-38(41)42(55)24-27-51-30-36-29-35(51)31-52(36)34-18-15-32(16-19-34)23-26-49-43(56)14-8-6-4-2-1-3-5-7-11-25-48-33-17-20-37-39(28-33)47(60)53(46(37)59)40-21-22-44(57)50-45(40)58/h9-10,12-13,15-20,24,27-28,35-36,40,48,54H,1-8,11,14,21-23,25-26,29-31H2,(H,49,56)(H,50,57,58)/b27-24+/t35-,36-,40?/m1/s1. The van der Waals surface area contributed by atoms with Crippen LogP contribution in [0.1, 0.15) is 120 Å². The Morgan fingerprint density at radius 2 is 1.50 bits per heavy atom. The van der Waals surface area contributed by atoms with E-state index in [-0.39, 0.29) is 41.4 Å². The van der Waals surface area contributed by atoms with Crippen molar-refractivity contribution in [2.75, 3.05) is 36.4 Å². The molecule has 60 heavy (non-hydrogen) atoms. The topological polar surface area (TPSA) is 168 Å². The maximum Gasteiger partial charge on any atom is 0.262 e. The van der Waals surface area contributed by atoms with Gasteiger partial charge in [0.1, 0.15) is 11.8 Å². The molecule has 3 fully saturated rings. The van der Waals surface area contributed by atoms with Gasteiger partial charge >= 0.3 is 0 Å². The second-order valence-electron chi connectivity index (χ2n) is 16.4. The van der Waals surface area contributed by atoms with Gasteiger partial charge in [-0.1, -0.05) is 69.2 Å². The molecule has 316 valence electrons. The molecule has 4 aliphatic heterocycles. The number of piperazine rings is 1. The summed E-state index contributed by atoms with van der Waals surface area (Å²) in [5.41, 5.74) is 4.03. The summed E-state index contributed by atoms with van der Waals surface area (Å²) in [7, 11) is 0. The fourth-order valence-electron chi connectivity index (χ4n) is 8.88. The molecule has 3 saturated heterocycles. The molecule has 0 radical (unpaired) electrons. The number of amides is 5. The number of carbonyl (C=O) groups excluding carboxylic acids is 6. The average Bonchev–Trinajstić information content (AvgIpc) is 3.92. The number of imide groups is 2. The van der Waals surface area contributed by atoms with Gasteiger partial charge in [-0.15, -0.1) is 0 Å². The van der Waals surface area contributed by atoms with Gasteiger partial charge in [-0.25, -0.2) is 0 Å². The third-order valence-corrected chi connectivity index (χ3v) is 12.2. The number of ketones is 1. The number of piperidine rings is 1. The molecule has 0 aliphatic carbocycles. The molecule has 4 aliphatic rings. The van der Waals surface area contributed by atoms with Gasteiger partial charge in [0.15, 0.2) is 5.78 Å². The molecular weight excluding hydrogens is 761 g/mol. The summed E-state index contributed by atoms with van der Waals surface area (Å²) in [4.78, 5) is 80.4. The summed E-state index contributed by atoms with van der Waals surface area (Å²) in [6.45, 7) is 3.14. The van der Waals surface area contributed by atoms with Crippen molar-refractivity contribution in [2.45, 2.75) is 108 Å². The Hall–Kier alpha value is -5.98. The lowest BCUT2D eigenvalue weighted by molar-refractivity contribution is -0.136. The number of rotatable bonds is 21. The Morgan fingerprint density at radius 3 is 2.22 bits per heavy atom. The Kier molecular flexibility index (Phi) is 13.9. The molecule has 13 nitrogen and oxygen atoms in total. The van der Waals surface area contributed by atoms with Crippen molar-refractivity contribution in [1.82, 2.24) is 20.4 Å². The predicted octanol–water partition coefficient (Wildman–Crippen LogP) is 6.12. The Labute approximate surface area is 351 Å². The van der Waals surface area contributed by atoms with Crippen molar-refractivity contribution < 1.29 is 33.9 Å². The van der Waals surface area contributed by atoms with Crippen molar-refractivity contribution in [3.05, 3.63) is 101 Å². The SMILES string of the molecule is O=C(CCCCCCCCCCCNc1ccc2c(c1)C(=O)N(C1CCC(=O)NC1=O)C2=O)NCCc1ccc(N2C[C@H]3C[C@@H]2CN3/C=C/C(=O)c2ccccc2O)cc1. The number of fused-ring (bicyclic) bond motifs is 3. The van der Waals surface area contributed by atoms with Crippen LogP contribution in [0, 0.1) is 0 Å². The minimum Gasteiger partial charge on any atom is -0.507 e. The summed E-state index contributed by atoms with van der Waals surface area (Å²) in [6, 6.07) is 20.1. The van der Waals surface area contributed by atoms with Gasteiger partial charge in [-0.2, -0.15) is 0 Å². The molecule has 13 heteroatoms. The van der Waals surface area contributed by atoms with Crippen LogP contribution in [0.15, 0.2) is 79.0 Å². The molecule has 3 atom stereocenters. The summed E-state index contributed by atoms with van der Waals surface area (Å²) < 4.78 is 0. The van der Waals surface area contributed by atoms with E-state index in [1.165, 1.54) is 36.6 Å². The van der Waals surface area contributed by atoms with Crippen molar-refractivity contribution in [3.63, 3.8) is 0 Å². The molecule has 1 unspecified atom stereocenters. The number of para-hydroxylation sites is 1. The van der Waals surface area contributed by atoms with Gasteiger partial charge in [0, 0.05) is 74.8 Å². The van der Waals surface area contributed by atoms with E-state index in [2.05, 4.69) is 50.0 Å². The second kappa shape index (κ2) is 19.8. The monoisotopic (exact) mass is 816 g/mol. The van der Waals surface area contributed by atoms with Gasteiger partial charge in [0.2, 0.25) is 17.7 Å². The normalized spacial score (nSPS) is 19.7. The number of nitrogens with one attached hydrogen (secondary N) is 3. The smallest absolute Gasteiger partial charge is 0.262 e. The number of phenolic OH excluding ortho intramolecular Hbond substituents is 1. The van der Waals surface area contributed by atoms with Crippen LogP contribution in [-0.4, -0.2) is 94.5 Å². The molecule has 5 amide bonds. The van der Waals surface area contributed by atoms with Gasteiger partial charge in [-0.3, -0.25) is 39.0 Å². The number of unbranched alkanes of at least 4 members (excludes halogenated alkanes) is 8. The van der Waals surface area contributed by atoms with Crippen LogP contribution in [0.2, 0.25) is 0 Å². The van der Waals surface area contributed by atoms with Gasteiger partial charge in [-0.05, 0) is 80.1 Å². The first-order valence-electron chi connectivity index (χ1n) is 21.6. The number of benzene rings is 3. The van der Waals surface area contributed by atoms with Crippen molar-refractivity contribution in [1.29, 1.82) is 0 Å². The Morgan fingerprint density at radius 1 is 0.783 bits per heavy atom. The summed E-state index contributed by atoms with van der Waals surface area (Å²) in [5.74, 6) is -2.08. The average molecular weight is 817 g/mol. The first kappa shape index (κ1) is 42.2. The zero-order valence-electron chi connectivity index (χ0n) is 34.2. The number of allylic oxidation sites excluding steroid dienone is 1. The van der Waals surface area contributed by atoms with E-state index in [9.17, 15) is 33.9 Å². The zero-order chi connectivity index (χ0) is 42.0. The van der Waals surface area contributed by atoms with Gasteiger partial charge in [0.25, 0.3) is 11.8 Å². The van der Waals surface area contributed by atoms with Crippen LogP contribution in [0.3, 0.4) is 0 Å². The molecule has 0 spiro atoms. The number of anilines is 2. The number of nitrogens with zero attached hydrogens (tertiary/aromatic N) is 3. The largest absolute Gasteiger partial charge is 0.507 e. The van der Waals surface area contributed by atoms with E-state index in [4.69, 9.17) is 0 Å². The highest BCUT2D eigenvalue weighted by Gasteiger charge is 2.45. The van der Waals surface area contributed by atoms with Crippen molar-refractivity contribution in [3.8, 4) is 5.75 Å². The molecule has 7 rings (SSSR count). The second-order valence-corrected chi connectivity index (χ2v) is 16.4. The Bertz CT molecular complexity index is 2100. The third-order valence-electron chi connectivity index (χ3n) is 12.2. The molecule has 2 bridgehead atoms. The number of aromatic hydroxyl groups is 1. The molecule has 0 aromatic heterocycles. The van der Waals surface area contributed by atoms with Gasteiger partial charge in [0.05, 0.1) is 16.7 Å². The van der Waals surface area contributed by atoms with Crippen LogP contribution >= 0.6 is 0 Å². The van der Waals surface area contributed by atoms with Gasteiger partial charge < -0.3 is 25.5 Å². The van der Waals surface area contributed by atoms with E-state index in [0.717, 1.165) is 81.6 Å². The van der Waals surface area contributed by atoms with Crippen LogP contribution in [0.5, 0.6) is 5.75 Å². The molecule has 0 saturated carbocycles. The first-order chi connectivity index (χ1) is 29.2. The fourth-order valence-corrected chi connectivity index (χ4v) is 8.88. The predicted molar refractivity (Wildman–Crippen MR) is 229 cm³/mol. The number of carbonyl (C=O) groups is 6. The molecular formula is C47H56N6O7. The van der Waals surface area contributed by atoms with E-state index in [1.807, 2.05) is 6.20 Å². The van der Waals surface area contributed by atoms with E-state index in [1.54, 1.807) is 42.5 Å². The number of likely N-dealkylation sites (tertiary alicyclic amines) is 1. The lowest BCUT2D eigenvalue weighted by Gasteiger charge is -2.35. The van der Waals surface area contributed by atoms with Crippen LogP contribution < -0.4 is 20.9 Å². The lowest BCUT2D eigenvalue weighted by atomic mass is 10.0. The van der Waals surface area contributed by atoms with Crippen LogP contribution in [0.25, 0.3) is 0 Å². The highest BCUT2D eigenvalue weighted by atomic mass is 16.3. The molecule has 4 heterocycles. The minimum atomic E-state index is -0.965. The summed E-state index contributed by atoms with van der Waals surface area (Å²) in [6.07, 6.45) is 15.9. The van der Waals surface area contributed by atoms with E-state index >= 15 is 0 Å². The van der Waals surface area contributed by atoms with E-state index < -0.39 is 29.7 Å². The third kappa shape index (κ3) is 10.2. The molecule has 4 N–H and O–H groups in total. The van der Waals surface area contributed by atoms with Crippen molar-refractivity contribution >= 4 is 46.7 Å². The maximum atomic E-state index is 13.0. The van der Waals surface area contributed by atoms with E-state index in [0.29, 0.717) is 30.6 Å². The quantitative estimate of drug-likeness (QED) is 0.0425. The Balaban J connectivity index is 0.683. The number of hydrogen-bond donors (Lipinski definition) is 4. The maximum absolute atomic E-state index is 13.0. The number of hydrogen-bond acceptors (Lipinski definition) is 10.